The van der Waals surface area contributed by atoms with E-state index in [0.717, 1.165) is 6.20 Å². The lowest BCUT2D eigenvalue weighted by atomic mass is 10.4. The Labute approximate surface area is 95.3 Å². The fraction of sp³-hybridized carbons (Fsp3) is 0. The summed E-state index contributed by atoms with van der Waals surface area (Å²) in [4.78, 5) is 21.1. The number of nitro groups is 1. The summed E-state index contributed by atoms with van der Waals surface area (Å²) in [6.45, 7) is 0. The zero-order valence-electron chi connectivity index (χ0n) is 8.48. The van der Waals surface area contributed by atoms with E-state index >= 15 is 0 Å². The zero-order chi connectivity index (χ0) is 12.3. The van der Waals surface area contributed by atoms with Crippen molar-refractivity contribution in [2.75, 3.05) is 5.73 Å². The normalized spacial score (nSPS) is 9.88. The van der Waals surface area contributed by atoms with Crippen LogP contribution in [0.4, 0.5) is 11.6 Å². The van der Waals surface area contributed by atoms with Gasteiger partial charge in [0.25, 0.3) is 0 Å². The third-order valence-corrected chi connectivity index (χ3v) is 1.80. The average molecular weight is 233 g/mol. The summed E-state index contributed by atoms with van der Waals surface area (Å²) in [5.41, 5.74) is 4.98. The summed E-state index contributed by atoms with van der Waals surface area (Å²) in [6.07, 6.45) is 3.95. The van der Waals surface area contributed by atoms with Gasteiger partial charge in [0.1, 0.15) is 11.9 Å². The molecule has 86 valence electrons. The first-order chi connectivity index (χ1) is 8.16. The Morgan fingerprint density at radius 1 is 1.41 bits per heavy atom. The number of nitrogen functional groups attached to an aromatic ring is 1. The molecule has 2 heterocycles. The van der Waals surface area contributed by atoms with Gasteiger partial charge in [0.15, 0.2) is 0 Å². The predicted octanol–water partition coefficient (Wildman–Crippen LogP) is 1.15. The second-order valence-corrected chi connectivity index (χ2v) is 2.97. The standard InChI is InChI=1S/C9H7N5O3/c10-9-12-5-7(14(15)16)8(13-9)17-6-2-1-3-11-4-6/h1-5H,(H2,10,12,13). The van der Waals surface area contributed by atoms with Gasteiger partial charge in [-0.2, -0.15) is 4.98 Å². The van der Waals surface area contributed by atoms with E-state index in [9.17, 15) is 10.1 Å². The van der Waals surface area contributed by atoms with Crippen molar-refractivity contribution in [1.82, 2.24) is 15.0 Å². The number of rotatable bonds is 3. The summed E-state index contributed by atoms with van der Waals surface area (Å²) < 4.78 is 5.22. The van der Waals surface area contributed by atoms with Crippen molar-refractivity contribution < 1.29 is 9.66 Å². The Hall–Kier alpha value is -2.77. The number of nitrogens with two attached hydrogens (primary N) is 1. The third-order valence-electron chi connectivity index (χ3n) is 1.80. The summed E-state index contributed by atoms with van der Waals surface area (Å²) in [5.74, 6) is 0.0127. The smallest absolute Gasteiger partial charge is 0.349 e. The Kier molecular flexibility index (Phi) is 2.77. The molecule has 0 aliphatic heterocycles. The van der Waals surface area contributed by atoms with Crippen LogP contribution in [-0.4, -0.2) is 19.9 Å². The van der Waals surface area contributed by atoms with E-state index in [1.165, 1.54) is 6.20 Å². The van der Waals surface area contributed by atoms with Crippen molar-refractivity contribution in [3.63, 3.8) is 0 Å². The molecule has 17 heavy (non-hydrogen) atoms. The van der Waals surface area contributed by atoms with Crippen LogP contribution in [0.1, 0.15) is 0 Å². The summed E-state index contributed by atoms with van der Waals surface area (Å²) >= 11 is 0. The number of aromatic nitrogens is 3. The zero-order valence-corrected chi connectivity index (χ0v) is 8.48. The van der Waals surface area contributed by atoms with Gasteiger partial charge in [-0.25, -0.2) is 4.98 Å². The monoisotopic (exact) mass is 233 g/mol. The van der Waals surface area contributed by atoms with Gasteiger partial charge in [-0.1, -0.05) is 0 Å². The molecule has 0 fully saturated rings. The Morgan fingerprint density at radius 2 is 2.24 bits per heavy atom. The summed E-state index contributed by atoms with van der Waals surface area (Å²) in [7, 11) is 0. The highest BCUT2D eigenvalue weighted by Gasteiger charge is 2.18. The molecule has 0 amide bonds. The average Bonchev–Trinajstić information content (AvgIpc) is 2.30. The van der Waals surface area contributed by atoms with Crippen molar-refractivity contribution in [3.05, 3.63) is 40.8 Å². The highest BCUT2D eigenvalue weighted by molar-refractivity contribution is 5.43. The number of pyridine rings is 1. The maximum atomic E-state index is 10.7. The molecule has 0 unspecified atom stereocenters. The fourth-order valence-corrected chi connectivity index (χ4v) is 1.09. The van der Waals surface area contributed by atoms with Gasteiger partial charge in [0.05, 0.1) is 11.1 Å². The van der Waals surface area contributed by atoms with Crippen LogP contribution in [-0.2, 0) is 0 Å². The SMILES string of the molecule is Nc1ncc([N+](=O)[O-])c(Oc2cccnc2)n1. The molecule has 0 saturated heterocycles. The molecule has 0 atom stereocenters. The molecule has 2 aromatic heterocycles. The first-order valence-corrected chi connectivity index (χ1v) is 4.51. The van der Waals surface area contributed by atoms with E-state index < -0.39 is 4.92 Å². The van der Waals surface area contributed by atoms with Crippen LogP contribution in [0.15, 0.2) is 30.7 Å². The van der Waals surface area contributed by atoms with Gasteiger partial charge in [0.2, 0.25) is 5.95 Å². The Morgan fingerprint density at radius 3 is 2.88 bits per heavy atom. The van der Waals surface area contributed by atoms with Gasteiger partial charge >= 0.3 is 11.6 Å². The Balaban J connectivity index is 2.37. The first kappa shape index (κ1) is 10.7. The quantitative estimate of drug-likeness (QED) is 0.624. The molecule has 0 aliphatic carbocycles. The van der Waals surface area contributed by atoms with Crippen LogP contribution in [0.5, 0.6) is 11.6 Å². The van der Waals surface area contributed by atoms with E-state index in [2.05, 4.69) is 15.0 Å². The van der Waals surface area contributed by atoms with Crippen molar-refractivity contribution in [2.45, 2.75) is 0 Å². The molecule has 0 radical (unpaired) electrons. The highest BCUT2D eigenvalue weighted by atomic mass is 16.6. The van der Waals surface area contributed by atoms with E-state index in [0.29, 0.717) is 5.75 Å². The molecule has 0 bridgehead atoms. The Bertz CT molecular complexity index is 546. The highest BCUT2D eigenvalue weighted by Crippen LogP contribution is 2.28. The molecular weight excluding hydrogens is 226 g/mol. The minimum atomic E-state index is -0.648. The number of nitrogens with zero attached hydrogens (tertiary/aromatic N) is 4. The number of anilines is 1. The van der Waals surface area contributed by atoms with E-state index in [4.69, 9.17) is 10.5 Å². The first-order valence-electron chi connectivity index (χ1n) is 4.51. The van der Waals surface area contributed by atoms with Crippen molar-refractivity contribution in [2.24, 2.45) is 0 Å². The van der Waals surface area contributed by atoms with Crippen LogP contribution in [0.3, 0.4) is 0 Å². The van der Waals surface area contributed by atoms with Crippen molar-refractivity contribution in [3.8, 4) is 11.6 Å². The molecule has 2 rings (SSSR count). The molecule has 8 nitrogen and oxygen atoms in total. The van der Waals surface area contributed by atoms with E-state index in [1.807, 2.05) is 0 Å². The molecule has 0 aromatic carbocycles. The van der Waals surface area contributed by atoms with E-state index in [1.54, 1.807) is 18.3 Å². The van der Waals surface area contributed by atoms with Gasteiger partial charge in [-0.15, -0.1) is 0 Å². The largest absolute Gasteiger partial charge is 0.432 e. The third kappa shape index (κ3) is 2.43. The number of ether oxygens (including phenoxy) is 1. The van der Waals surface area contributed by atoms with Crippen LogP contribution < -0.4 is 10.5 Å². The van der Waals surface area contributed by atoms with Gasteiger partial charge < -0.3 is 10.5 Å². The summed E-state index contributed by atoms with van der Waals surface area (Å²) in [5, 5.41) is 10.7. The van der Waals surface area contributed by atoms with Crippen molar-refractivity contribution >= 4 is 11.6 Å². The minimum Gasteiger partial charge on any atom is -0.432 e. The molecule has 0 saturated carbocycles. The lowest BCUT2D eigenvalue weighted by molar-refractivity contribution is -0.386. The van der Waals surface area contributed by atoms with Crippen LogP contribution in [0.25, 0.3) is 0 Å². The van der Waals surface area contributed by atoms with Crippen LogP contribution in [0, 0.1) is 10.1 Å². The van der Waals surface area contributed by atoms with Crippen molar-refractivity contribution in [1.29, 1.82) is 0 Å². The maximum Gasteiger partial charge on any atom is 0.349 e. The molecule has 2 N–H and O–H groups in total. The van der Waals surface area contributed by atoms with Gasteiger partial charge in [0, 0.05) is 6.20 Å². The number of hydrogen-bond donors (Lipinski definition) is 1. The molecule has 0 spiro atoms. The minimum absolute atomic E-state index is 0.102. The van der Waals surface area contributed by atoms with Gasteiger partial charge in [-0.05, 0) is 12.1 Å². The van der Waals surface area contributed by atoms with E-state index in [-0.39, 0.29) is 17.5 Å². The number of hydrogen-bond acceptors (Lipinski definition) is 7. The molecule has 0 aliphatic rings. The molecule has 2 aromatic rings. The van der Waals surface area contributed by atoms with Gasteiger partial charge in [-0.3, -0.25) is 15.1 Å². The predicted molar refractivity (Wildman–Crippen MR) is 57.4 cm³/mol. The second kappa shape index (κ2) is 4.39. The molecule has 8 heteroatoms. The summed E-state index contributed by atoms with van der Waals surface area (Å²) in [6, 6.07) is 3.22. The lowest BCUT2D eigenvalue weighted by Crippen LogP contribution is -2.01. The molecular formula is C9H7N5O3. The maximum absolute atomic E-state index is 10.7. The second-order valence-electron chi connectivity index (χ2n) is 2.97. The fourth-order valence-electron chi connectivity index (χ4n) is 1.09. The lowest BCUT2D eigenvalue weighted by Gasteiger charge is -2.04. The van der Waals surface area contributed by atoms with Crippen LogP contribution in [0.2, 0.25) is 0 Å². The topological polar surface area (TPSA) is 117 Å². The van der Waals surface area contributed by atoms with Crippen LogP contribution >= 0.6 is 0 Å².